The van der Waals surface area contributed by atoms with Crippen LogP contribution in [0.25, 0.3) is 11.3 Å². The van der Waals surface area contributed by atoms with E-state index in [2.05, 4.69) is 24.1 Å². The number of hydrogen-bond donors (Lipinski definition) is 1. The average molecular weight is 454 g/mol. The van der Waals surface area contributed by atoms with Gasteiger partial charge < -0.3 is 9.73 Å². The highest BCUT2D eigenvalue weighted by atomic mass is 32.2. The molecule has 0 radical (unpaired) electrons. The van der Waals surface area contributed by atoms with E-state index in [4.69, 9.17) is 4.42 Å². The predicted octanol–water partition coefficient (Wildman–Crippen LogP) is 4.57. The molecule has 1 amide bonds. The monoisotopic (exact) mass is 453 g/mol. The fraction of sp³-hybridized carbons (Fsp3) is 0.333. The number of nitrogens with zero attached hydrogens (tertiary/aromatic N) is 2. The van der Waals surface area contributed by atoms with Crippen molar-refractivity contribution in [1.82, 2.24) is 9.29 Å². The molecule has 8 heteroatoms. The zero-order valence-electron chi connectivity index (χ0n) is 18.4. The molecule has 1 fully saturated rings. The quantitative estimate of drug-likeness (QED) is 0.611. The molecule has 7 nitrogen and oxygen atoms in total. The van der Waals surface area contributed by atoms with E-state index in [9.17, 15) is 13.2 Å². The van der Waals surface area contributed by atoms with Crippen molar-refractivity contribution >= 4 is 21.6 Å². The van der Waals surface area contributed by atoms with Crippen molar-refractivity contribution in [3.63, 3.8) is 0 Å². The number of aromatic nitrogens is 1. The van der Waals surface area contributed by atoms with Gasteiger partial charge in [-0.2, -0.15) is 4.31 Å². The van der Waals surface area contributed by atoms with Crippen LogP contribution in [0, 0.1) is 18.8 Å². The summed E-state index contributed by atoms with van der Waals surface area (Å²) in [7, 11) is -3.57. The van der Waals surface area contributed by atoms with Gasteiger partial charge >= 0.3 is 0 Å². The Kier molecular flexibility index (Phi) is 6.17. The van der Waals surface area contributed by atoms with Crippen LogP contribution in [0.3, 0.4) is 0 Å². The number of piperidine rings is 1. The van der Waals surface area contributed by atoms with Crippen molar-refractivity contribution in [2.75, 3.05) is 18.4 Å². The Morgan fingerprint density at radius 3 is 2.22 bits per heavy atom. The fourth-order valence-corrected chi connectivity index (χ4v) is 5.83. The first kappa shape index (κ1) is 22.2. The Bertz CT molecular complexity index is 1190. The van der Waals surface area contributed by atoms with E-state index in [1.165, 1.54) is 12.1 Å². The molecule has 2 atom stereocenters. The first-order valence-corrected chi connectivity index (χ1v) is 12.1. The van der Waals surface area contributed by atoms with E-state index < -0.39 is 10.0 Å². The first-order chi connectivity index (χ1) is 15.2. The van der Waals surface area contributed by atoms with Gasteiger partial charge in [-0.05, 0) is 54.7 Å². The lowest BCUT2D eigenvalue weighted by atomic mass is 9.94. The summed E-state index contributed by atoms with van der Waals surface area (Å²) in [5.74, 6) is 0.947. The third kappa shape index (κ3) is 4.76. The summed E-state index contributed by atoms with van der Waals surface area (Å²) in [6.45, 7) is 6.98. The predicted molar refractivity (Wildman–Crippen MR) is 123 cm³/mol. The second-order valence-corrected chi connectivity index (χ2v) is 10.5. The number of sulfonamides is 1. The van der Waals surface area contributed by atoms with Gasteiger partial charge in [-0.25, -0.2) is 13.4 Å². The van der Waals surface area contributed by atoms with E-state index >= 15 is 0 Å². The zero-order valence-corrected chi connectivity index (χ0v) is 19.2. The largest absolute Gasteiger partial charge is 0.449 e. The number of rotatable bonds is 5. The Labute approximate surface area is 188 Å². The highest BCUT2D eigenvalue weighted by Crippen LogP contribution is 2.27. The number of carbonyl (C=O) groups excluding carboxylic acids is 1. The van der Waals surface area contributed by atoms with Crippen LogP contribution in [0.4, 0.5) is 5.69 Å². The summed E-state index contributed by atoms with van der Waals surface area (Å²) in [6, 6.07) is 13.4. The number of amides is 1. The van der Waals surface area contributed by atoms with Crippen LogP contribution < -0.4 is 5.32 Å². The molecular formula is C24H27N3O4S. The van der Waals surface area contributed by atoms with Gasteiger partial charge in [0, 0.05) is 36.8 Å². The first-order valence-electron chi connectivity index (χ1n) is 10.7. The molecule has 1 aliphatic rings. The number of benzene rings is 2. The molecule has 2 heterocycles. The molecule has 0 aliphatic carbocycles. The van der Waals surface area contributed by atoms with Crippen LogP contribution in [0.15, 0.2) is 64.1 Å². The van der Waals surface area contributed by atoms with Crippen molar-refractivity contribution in [2.24, 2.45) is 11.8 Å². The Morgan fingerprint density at radius 2 is 1.66 bits per heavy atom. The highest BCUT2D eigenvalue weighted by molar-refractivity contribution is 7.89. The van der Waals surface area contributed by atoms with Gasteiger partial charge in [0.25, 0.3) is 5.91 Å². The van der Waals surface area contributed by atoms with E-state index in [0.717, 1.165) is 17.7 Å². The summed E-state index contributed by atoms with van der Waals surface area (Å²) >= 11 is 0. The lowest BCUT2D eigenvalue weighted by Gasteiger charge is -2.34. The second-order valence-electron chi connectivity index (χ2n) is 8.58. The fourth-order valence-electron chi connectivity index (χ4n) is 4.15. The maximum absolute atomic E-state index is 13.0. The van der Waals surface area contributed by atoms with Crippen LogP contribution in [0.5, 0.6) is 0 Å². The summed E-state index contributed by atoms with van der Waals surface area (Å²) < 4.78 is 32.8. The molecule has 3 aromatic rings. The molecule has 0 spiro atoms. The topological polar surface area (TPSA) is 92.5 Å². The van der Waals surface area contributed by atoms with E-state index in [1.807, 2.05) is 12.1 Å². The highest BCUT2D eigenvalue weighted by Gasteiger charge is 2.31. The summed E-state index contributed by atoms with van der Waals surface area (Å²) in [6.07, 6.45) is 2.62. The van der Waals surface area contributed by atoms with Crippen molar-refractivity contribution < 1.29 is 17.6 Å². The minimum Gasteiger partial charge on any atom is -0.449 e. The number of carbonyl (C=O) groups is 1. The minimum absolute atomic E-state index is 0.211. The Balaban J connectivity index is 1.44. The lowest BCUT2D eigenvalue weighted by Crippen LogP contribution is -2.42. The van der Waals surface area contributed by atoms with Crippen LogP contribution in [0.2, 0.25) is 0 Å². The number of nitrogens with one attached hydrogen (secondary N) is 1. The van der Waals surface area contributed by atoms with Gasteiger partial charge in [0.1, 0.15) is 12.0 Å². The third-order valence-electron chi connectivity index (χ3n) is 5.65. The minimum atomic E-state index is -3.57. The summed E-state index contributed by atoms with van der Waals surface area (Å²) in [4.78, 5) is 17.1. The molecule has 0 saturated carbocycles. The number of hydrogen-bond acceptors (Lipinski definition) is 5. The number of oxazole rings is 1. The zero-order chi connectivity index (χ0) is 22.9. The molecule has 1 N–H and O–H groups in total. The average Bonchev–Trinajstić information content (AvgIpc) is 3.20. The molecule has 1 aliphatic heterocycles. The number of anilines is 1. The Hall–Kier alpha value is -2.97. The standard InChI is InChI=1S/C24H27N3O4S/c1-16-12-17(2)14-27(13-16)32(29,30)22-10-6-20(7-11-22)24(28)26-21-8-4-19(5-9-21)23-15-31-18(3)25-23/h4-11,15-17H,12-14H2,1-3H3,(H,26,28)/t16-,17-/m0/s1. The van der Waals surface area contributed by atoms with E-state index in [0.29, 0.717) is 42.1 Å². The van der Waals surface area contributed by atoms with Gasteiger partial charge in [-0.15, -0.1) is 0 Å². The smallest absolute Gasteiger partial charge is 0.255 e. The molecule has 0 unspecified atom stereocenters. The SMILES string of the molecule is Cc1nc(-c2ccc(NC(=O)c3ccc(S(=O)(=O)N4C[C@@H](C)C[C@H](C)C4)cc3)cc2)co1. The van der Waals surface area contributed by atoms with Gasteiger partial charge in [-0.1, -0.05) is 26.0 Å². The van der Waals surface area contributed by atoms with Crippen LogP contribution in [0.1, 0.15) is 36.5 Å². The van der Waals surface area contributed by atoms with Gasteiger partial charge in [0.15, 0.2) is 5.89 Å². The molecule has 1 saturated heterocycles. The molecular weight excluding hydrogens is 426 g/mol. The molecule has 0 bridgehead atoms. The van der Waals surface area contributed by atoms with E-state index in [1.54, 1.807) is 41.8 Å². The molecule has 32 heavy (non-hydrogen) atoms. The summed E-state index contributed by atoms with van der Waals surface area (Å²) in [5, 5.41) is 2.83. The van der Waals surface area contributed by atoms with Crippen LogP contribution in [-0.4, -0.2) is 36.7 Å². The van der Waals surface area contributed by atoms with E-state index in [-0.39, 0.29) is 10.8 Å². The molecule has 168 valence electrons. The normalized spacial score (nSPS) is 19.6. The summed E-state index contributed by atoms with van der Waals surface area (Å²) in [5.41, 5.74) is 2.64. The van der Waals surface area contributed by atoms with Crippen molar-refractivity contribution in [2.45, 2.75) is 32.1 Å². The van der Waals surface area contributed by atoms with Crippen LogP contribution in [-0.2, 0) is 10.0 Å². The Morgan fingerprint density at radius 1 is 1.03 bits per heavy atom. The molecule has 2 aromatic carbocycles. The third-order valence-corrected chi connectivity index (χ3v) is 7.49. The van der Waals surface area contributed by atoms with Crippen molar-refractivity contribution in [3.05, 3.63) is 66.2 Å². The lowest BCUT2D eigenvalue weighted by molar-refractivity contribution is 0.102. The maximum Gasteiger partial charge on any atom is 0.255 e. The molecule has 1 aromatic heterocycles. The van der Waals surface area contributed by atoms with Crippen molar-refractivity contribution in [1.29, 1.82) is 0 Å². The second kappa shape index (κ2) is 8.88. The van der Waals surface area contributed by atoms with Crippen LogP contribution >= 0.6 is 0 Å². The van der Waals surface area contributed by atoms with Gasteiger partial charge in [-0.3, -0.25) is 4.79 Å². The van der Waals surface area contributed by atoms with Gasteiger partial charge in [0.05, 0.1) is 4.90 Å². The number of aryl methyl sites for hydroxylation is 1. The van der Waals surface area contributed by atoms with Crippen molar-refractivity contribution in [3.8, 4) is 11.3 Å². The maximum atomic E-state index is 13.0. The van der Waals surface area contributed by atoms with Gasteiger partial charge in [0.2, 0.25) is 10.0 Å². The molecule has 4 rings (SSSR count).